The van der Waals surface area contributed by atoms with Crippen molar-refractivity contribution in [1.82, 2.24) is 4.98 Å². The molecule has 0 spiro atoms. The van der Waals surface area contributed by atoms with Gasteiger partial charge in [0, 0.05) is 21.5 Å². The van der Waals surface area contributed by atoms with E-state index in [-0.39, 0.29) is 5.78 Å². The van der Waals surface area contributed by atoms with E-state index in [0.717, 1.165) is 39.7 Å². The Morgan fingerprint density at radius 3 is 2.74 bits per heavy atom. The second-order valence-corrected chi connectivity index (χ2v) is 6.17. The molecule has 0 saturated heterocycles. The minimum absolute atomic E-state index is 0.0736. The Morgan fingerprint density at radius 1 is 1.00 bits per heavy atom. The number of aromatic nitrogens is 1. The van der Waals surface area contributed by atoms with E-state index in [1.807, 2.05) is 60.7 Å². The highest BCUT2D eigenvalue weighted by Gasteiger charge is 2.23. The van der Waals surface area contributed by atoms with Crippen molar-refractivity contribution in [3.05, 3.63) is 82.0 Å². The lowest BCUT2D eigenvalue weighted by atomic mass is 9.88. The van der Waals surface area contributed by atoms with Crippen molar-refractivity contribution in [2.45, 2.75) is 12.8 Å². The van der Waals surface area contributed by atoms with Gasteiger partial charge in [-0.1, -0.05) is 41.9 Å². The van der Waals surface area contributed by atoms with Crippen LogP contribution in [-0.2, 0) is 6.42 Å². The standard InChI is InChI=1S/C20H14ClNO/c21-16-6-3-4-13(11-16)10-15-8-9-19-17(20(15)23)12-14-5-1-2-7-18(14)22-19/h1-7,10-12H,8-9H2/b15-10+. The van der Waals surface area contributed by atoms with Crippen LogP contribution >= 0.6 is 11.6 Å². The van der Waals surface area contributed by atoms with Crippen LogP contribution in [0.25, 0.3) is 17.0 Å². The first-order valence-electron chi connectivity index (χ1n) is 7.60. The normalized spacial score (nSPS) is 15.9. The Kier molecular flexibility index (Phi) is 3.47. The van der Waals surface area contributed by atoms with Crippen molar-refractivity contribution < 1.29 is 4.79 Å². The molecule has 0 radical (unpaired) electrons. The van der Waals surface area contributed by atoms with E-state index in [0.29, 0.717) is 11.4 Å². The number of benzene rings is 2. The lowest BCUT2D eigenvalue weighted by molar-refractivity contribution is 0.102. The van der Waals surface area contributed by atoms with Gasteiger partial charge in [0.15, 0.2) is 5.78 Å². The molecule has 2 nitrogen and oxygen atoms in total. The highest BCUT2D eigenvalue weighted by Crippen LogP contribution is 2.28. The number of fused-ring (bicyclic) bond motifs is 2. The fourth-order valence-electron chi connectivity index (χ4n) is 3.02. The molecule has 112 valence electrons. The monoisotopic (exact) mass is 319 g/mol. The van der Waals surface area contributed by atoms with Gasteiger partial charge >= 0.3 is 0 Å². The maximum atomic E-state index is 12.8. The highest BCUT2D eigenvalue weighted by atomic mass is 35.5. The van der Waals surface area contributed by atoms with Crippen molar-refractivity contribution >= 4 is 34.4 Å². The topological polar surface area (TPSA) is 30.0 Å². The average Bonchev–Trinajstić information content (AvgIpc) is 2.56. The third-order valence-electron chi connectivity index (χ3n) is 4.16. The second kappa shape index (κ2) is 5.64. The van der Waals surface area contributed by atoms with Crippen molar-refractivity contribution in [2.75, 3.05) is 0 Å². The molecule has 23 heavy (non-hydrogen) atoms. The molecule has 0 aliphatic heterocycles. The molecule has 2 aromatic carbocycles. The fourth-order valence-corrected chi connectivity index (χ4v) is 3.22. The zero-order valence-corrected chi connectivity index (χ0v) is 13.2. The van der Waals surface area contributed by atoms with Gasteiger partial charge in [-0.05, 0) is 48.7 Å². The molecule has 3 heteroatoms. The summed E-state index contributed by atoms with van der Waals surface area (Å²) in [5.74, 6) is 0.0736. The number of allylic oxidation sites excluding steroid dienone is 1. The van der Waals surface area contributed by atoms with Crippen LogP contribution in [0.4, 0.5) is 0 Å². The molecule has 0 N–H and O–H groups in total. The van der Waals surface area contributed by atoms with Gasteiger partial charge in [-0.3, -0.25) is 9.78 Å². The van der Waals surface area contributed by atoms with Crippen LogP contribution in [0.2, 0.25) is 5.02 Å². The molecule has 0 fully saturated rings. The fraction of sp³-hybridized carbons (Fsp3) is 0.100. The molecule has 4 rings (SSSR count). The molecule has 0 atom stereocenters. The summed E-state index contributed by atoms with van der Waals surface area (Å²) in [5, 5.41) is 1.68. The van der Waals surface area contributed by atoms with Crippen LogP contribution in [0.5, 0.6) is 0 Å². The minimum atomic E-state index is 0.0736. The maximum Gasteiger partial charge on any atom is 0.190 e. The van der Waals surface area contributed by atoms with Crippen LogP contribution in [0.15, 0.2) is 60.2 Å². The Balaban J connectivity index is 1.78. The summed E-state index contributed by atoms with van der Waals surface area (Å²) in [7, 11) is 0. The number of hydrogen-bond donors (Lipinski definition) is 0. The molecule has 0 unspecified atom stereocenters. The third kappa shape index (κ3) is 2.66. The molecule has 0 saturated carbocycles. The molecule has 1 aliphatic carbocycles. The Labute approximate surface area is 139 Å². The summed E-state index contributed by atoms with van der Waals surface area (Å²) in [6, 6.07) is 17.4. The van der Waals surface area contributed by atoms with E-state index in [9.17, 15) is 4.79 Å². The smallest absolute Gasteiger partial charge is 0.190 e. The SMILES string of the molecule is O=C1/C(=C/c2cccc(Cl)c2)CCc2nc3ccccc3cc21. The van der Waals surface area contributed by atoms with Crippen LogP contribution in [0.3, 0.4) is 0 Å². The van der Waals surface area contributed by atoms with Gasteiger partial charge in [-0.25, -0.2) is 0 Å². The summed E-state index contributed by atoms with van der Waals surface area (Å²) >= 11 is 6.02. The number of Topliss-reactive ketones (excluding diaryl/α,β-unsaturated/α-hetero) is 1. The lowest BCUT2D eigenvalue weighted by Crippen LogP contribution is -2.15. The third-order valence-corrected chi connectivity index (χ3v) is 4.39. The molecule has 0 bridgehead atoms. The van der Waals surface area contributed by atoms with Gasteiger partial charge in [0.2, 0.25) is 0 Å². The Morgan fingerprint density at radius 2 is 1.87 bits per heavy atom. The Hall–Kier alpha value is -2.45. The van der Waals surface area contributed by atoms with E-state index in [1.54, 1.807) is 0 Å². The predicted molar refractivity (Wildman–Crippen MR) is 93.8 cm³/mol. The van der Waals surface area contributed by atoms with Gasteiger partial charge < -0.3 is 0 Å². The largest absolute Gasteiger partial charge is 0.289 e. The first-order chi connectivity index (χ1) is 11.2. The highest BCUT2D eigenvalue weighted by molar-refractivity contribution is 6.30. The number of para-hydroxylation sites is 1. The number of ketones is 1. The molecular formula is C20H14ClNO. The van der Waals surface area contributed by atoms with Crippen molar-refractivity contribution in [3.8, 4) is 0 Å². The predicted octanol–water partition coefficient (Wildman–Crippen LogP) is 5.10. The zero-order valence-electron chi connectivity index (χ0n) is 12.4. The first kappa shape index (κ1) is 14.2. The minimum Gasteiger partial charge on any atom is -0.289 e. The van der Waals surface area contributed by atoms with Crippen molar-refractivity contribution in [1.29, 1.82) is 0 Å². The number of rotatable bonds is 1. The van der Waals surface area contributed by atoms with E-state index >= 15 is 0 Å². The lowest BCUT2D eigenvalue weighted by Gasteiger charge is -2.17. The van der Waals surface area contributed by atoms with Gasteiger partial charge in [0.05, 0.1) is 11.2 Å². The maximum absolute atomic E-state index is 12.8. The van der Waals surface area contributed by atoms with E-state index in [1.165, 1.54) is 0 Å². The number of carbonyl (C=O) groups is 1. The first-order valence-corrected chi connectivity index (χ1v) is 7.98. The molecule has 0 amide bonds. The summed E-state index contributed by atoms with van der Waals surface area (Å²) in [6.45, 7) is 0. The molecule has 1 aliphatic rings. The summed E-state index contributed by atoms with van der Waals surface area (Å²) in [4.78, 5) is 17.5. The molecule has 3 aromatic rings. The molecule has 1 heterocycles. The van der Waals surface area contributed by atoms with Crippen LogP contribution in [-0.4, -0.2) is 10.8 Å². The number of aryl methyl sites for hydroxylation is 1. The average molecular weight is 320 g/mol. The number of pyridine rings is 1. The summed E-state index contributed by atoms with van der Waals surface area (Å²) < 4.78 is 0. The van der Waals surface area contributed by atoms with Gasteiger partial charge in [0.1, 0.15) is 0 Å². The summed E-state index contributed by atoms with van der Waals surface area (Å²) in [6.07, 6.45) is 3.44. The molecular weight excluding hydrogens is 306 g/mol. The Bertz CT molecular complexity index is 959. The van der Waals surface area contributed by atoms with Crippen molar-refractivity contribution in [3.63, 3.8) is 0 Å². The van der Waals surface area contributed by atoms with Gasteiger partial charge in [0.25, 0.3) is 0 Å². The van der Waals surface area contributed by atoms with E-state index in [2.05, 4.69) is 4.98 Å². The van der Waals surface area contributed by atoms with Gasteiger partial charge in [-0.15, -0.1) is 0 Å². The number of hydrogen-bond acceptors (Lipinski definition) is 2. The zero-order chi connectivity index (χ0) is 15.8. The number of nitrogens with zero attached hydrogens (tertiary/aromatic N) is 1. The molecule has 1 aromatic heterocycles. The number of halogens is 1. The van der Waals surface area contributed by atoms with Gasteiger partial charge in [-0.2, -0.15) is 0 Å². The van der Waals surface area contributed by atoms with Crippen LogP contribution in [0, 0.1) is 0 Å². The quantitative estimate of drug-likeness (QED) is 0.584. The van der Waals surface area contributed by atoms with Crippen molar-refractivity contribution in [2.24, 2.45) is 0 Å². The van der Waals surface area contributed by atoms with E-state index in [4.69, 9.17) is 11.6 Å². The van der Waals surface area contributed by atoms with Crippen LogP contribution < -0.4 is 0 Å². The number of carbonyl (C=O) groups excluding carboxylic acids is 1. The van der Waals surface area contributed by atoms with Crippen LogP contribution in [0.1, 0.15) is 28.0 Å². The summed E-state index contributed by atoms with van der Waals surface area (Å²) in [5.41, 5.74) is 4.34. The second-order valence-electron chi connectivity index (χ2n) is 5.73. The van der Waals surface area contributed by atoms with E-state index < -0.39 is 0 Å².